The Kier molecular flexibility index (Phi) is 5.04. The first kappa shape index (κ1) is 14.7. The summed E-state index contributed by atoms with van der Waals surface area (Å²) in [6.45, 7) is 6.27. The Morgan fingerprint density at radius 3 is 2.48 bits per heavy atom. The van der Waals surface area contributed by atoms with Gasteiger partial charge in [0, 0.05) is 24.6 Å². The molecule has 0 saturated carbocycles. The van der Waals surface area contributed by atoms with Crippen LogP contribution in [0, 0.1) is 0 Å². The summed E-state index contributed by atoms with van der Waals surface area (Å²) in [6.07, 6.45) is 5.67. The van der Waals surface area contributed by atoms with E-state index in [1.807, 2.05) is 24.3 Å². The number of rotatable bonds is 6. The van der Waals surface area contributed by atoms with Crippen LogP contribution in [0.1, 0.15) is 22.8 Å². The van der Waals surface area contributed by atoms with E-state index in [1.54, 1.807) is 6.08 Å². The number of carbonyl (C=O) groups is 1. The first-order chi connectivity index (χ1) is 10.2. The summed E-state index contributed by atoms with van der Waals surface area (Å²) in [6, 6.07) is 7.76. The van der Waals surface area contributed by atoms with Gasteiger partial charge in [0.2, 0.25) is 5.95 Å². The van der Waals surface area contributed by atoms with Gasteiger partial charge in [-0.25, -0.2) is 9.97 Å². The van der Waals surface area contributed by atoms with Gasteiger partial charge in [-0.3, -0.25) is 4.79 Å². The van der Waals surface area contributed by atoms with Crippen molar-refractivity contribution in [1.82, 2.24) is 9.97 Å². The van der Waals surface area contributed by atoms with E-state index in [0.717, 1.165) is 12.1 Å². The van der Waals surface area contributed by atoms with E-state index >= 15 is 0 Å². The average molecular weight is 282 g/mol. The van der Waals surface area contributed by atoms with E-state index in [2.05, 4.69) is 34.1 Å². The van der Waals surface area contributed by atoms with Gasteiger partial charge in [0.15, 0.2) is 0 Å². The molecule has 0 atom stereocenters. The Labute approximate surface area is 124 Å². The van der Waals surface area contributed by atoms with Crippen LogP contribution in [-0.4, -0.2) is 22.4 Å². The van der Waals surface area contributed by atoms with Gasteiger partial charge in [-0.2, -0.15) is 0 Å². The van der Waals surface area contributed by atoms with Crippen molar-refractivity contribution in [2.45, 2.75) is 13.3 Å². The van der Waals surface area contributed by atoms with Gasteiger partial charge in [-0.15, -0.1) is 6.58 Å². The predicted molar refractivity (Wildman–Crippen MR) is 84.5 cm³/mol. The highest BCUT2D eigenvalue weighted by atomic mass is 16.1. The Bertz CT molecular complexity index is 605. The second-order valence-electron chi connectivity index (χ2n) is 4.47. The van der Waals surface area contributed by atoms with Crippen molar-refractivity contribution in [3.8, 4) is 0 Å². The molecule has 0 aliphatic rings. The predicted octanol–water partition coefficient (Wildman–Crippen LogP) is 2.89. The largest absolute Gasteiger partial charge is 0.351 e. The number of anilines is 2. The van der Waals surface area contributed by atoms with E-state index < -0.39 is 0 Å². The molecule has 1 heterocycles. The van der Waals surface area contributed by atoms with Crippen LogP contribution in [0.25, 0.3) is 0 Å². The van der Waals surface area contributed by atoms with E-state index in [0.29, 0.717) is 18.1 Å². The highest BCUT2D eigenvalue weighted by molar-refractivity contribution is 6.03. The van der Waals surface area contributed by atoms with E-state index in [1.165, 1.54) is 18.0 Å². The van der Waals surface area contributed by atoms with Crippen molar-refractivity contribution in [3.05, 3.63) is 60.4 Å². The summed E-state index contributed by atoms with van der Waals surface area (Å²) in [5.74, 6) is 0.244. The van der Waals surface area contributed by atoms with Crippen LogP contribution in [0.4, 0.5) is 11.6 Å². The number of amides is 1. The molecule has 21 heavy (non-hydrogen) atoms. The monoisotopic (exact) mass is 282 g/mol. The number of aryl methyl sites for hydroxylation is 1. The third-order valence-electron chi connectivity index (χ3n) is 2.94. The minimum absolute atomic E-state index is 0.227. The maximum atomic E-state index is 12.1. The topological polar surface area (TPSA) is 66.9 Å². The summed E-state index contributed by atoms with van der Waals surface area (Å²) in [7, 11) is 0. The fourth-order valence-corrected chi connectivity index (χ4v) is 1.73. The number of benzene rings is 1. The Hall–Kier alpha value is -2.69. The lowest BCUT2D eigenvalue weighted by molar-refractivity contribution is 0.102. The van der Waals surface area contributed by atoms with Crippen molar-refractivity contribution < 1.29 is 4.79 Å². The summed E-state index contributed by atoms with van der Waals surface area (Å²) in [4.78, 5) is 20.2. The van der Waals surface area contributed by atoms with Crippen molar-refractivity contribution in [2.75, 3.05) is 17.2 Å². The number of nitrogens with one attached hydrogen (secondary N) is 2. The molecule has 108 valence electrons. The zero-order valence-electron chi connectivity index (χ0n) is 12.0. The number of carbonyl (C=O) groups excluding carboxylic acids is 1. The normalized spacial score (nSPS) is 9.95. The van der Waals surface area contributed by atoms with Crippen LogP contribution in [0.2, 0.25) is 0 Å². The molecule has 0 fully saturated rings. The minimum Gasteiger partial charge on any atom is -0.351 e. The third-order valence-corrected chi connectivity index (χ3v) is 2.94. The number of aromatic nitrogens is 2. The summed E-state index contributed by atoms with van der Waals surface area (Å²) >= 11 is 0. The van der Waals surface area contributed by atoms with Crippen LogP contribution < -0.4 is 10.6 Å². The van der Waals surface area contributed by atoms with Crippen molar-refractivity contribution in [1.29, 1.82) is 0 Å². The molecule has 5 heteroatoms. The first-order valence-corrected chi connectivity index (χ1v) is 6.80. The first-order valence-electron chi connectivity index (χ1n) is 6.80. The number of hydrogen-bond donors (Lipinski definition) is 2. The molecule has 0 saturated heterocycles. The van der Waals surface area contributed by atoms with Crippen molar-refractivity contribution in [2.24, 2.45) is 0 Å². The molecule has 1 aromatic heterocycles. The van der Waals surface area contributed by atoms with Crippen LogP contribution >= 0.6 is 0 Å². The SMILES string of the molecule is C=CCNc1ncc(C(=O)Nc2ccc(CC)cc2)cn1. The van der Waals surface area contributed by atoms with Crippen molar-refractivity contribution in [3.63, 3.8) is 0 Å². The Morgan fingerprint density at radius 1 is 1.24 bits per heavy atom. The molecule has 5 nitrogen and oxygen atoms in total. The Morgan fingerprint density at radius 2 is 1.90 bits per heavy atom. The summed E-state index contributed by atoms with van der Waals surface area (Å²) in [5.41, 5.74) is 2.40. The van der Waals surface area contributed by atoms with Crippen LogP contribution in [0.15, 0.2) is 49.3 Å². The maximum absolute atomic E-state index is 12.1. The molecule has 2 rings (SSSR count). The fourth-order valence-electron chi connectivity index (χ4n) is 1.73. The molecule has 0 aliphatic heterocycles. The molecular weight excluding hydrogens is 264 g/mol. The quantitative estimate of drug-likeness (QED) is 0.799. The molecule has 1 aromatic carbocycles. The molecule has 2 aromatic rings. The zero-order valence-corrected chi connectivity index (χ0v) is 12.0. The lowest BCUT2D eigenvalue weighted by Crippen LogP contribution is -2.13. The second kappa shape index (κ2) is 7.19. The van der Waals surface area contributed by atoms with Crippen LogP contribution in [0.5, 0.6) is 0 Å². The molecule has 0 bridgehead atoms. The molecular formula is C16H18N4O. The van der Waals surface area contributed by atoms with Gasteiger partial charge in [0.1, 0.15) is 0 Å². The van der Waals surface area contributed by atoms with E-state index in [4.69, 9.17) is 0 Å². The van der Waals surface area contributed by atoms with Gasteiger partial charge in [-0.05, 0) is 24.1 Å². The van der Waals surface area contributed by atoms with Gasteiger partial charge in [-0.1, -0.05) is 25.1 Å². The number of nitrogens with zero attached hydrogens (tertiary/aromatic N) is 2. The smallest absolute Gasteiger partial charge is 0.258 e. The molecule has 0 unspecified atom stereocenters. The Balaban J connectivity index is 2.00. The van der Waals surface area contributed by atoms with E-state index in [9.17, 15) is 4.79 Å². The molecule has 0 spiro atoms. The zero-order chi connectivity index (χ0) is 15.1. The standard InChI is InChI=1S/C16H18N4O/c1-3-9-17-16-18-10-13(11-19-16)15(21)20-14-7-5-12(4-2)6-8-14/h3,5-8,10-11H,1,4,9H2,2H3,(H,20,21)(H,17,18,19). The lowest BCUT2D eigenvalue weighted by atomic mass is 10.1. The van der Waals surface area contributed by atoms with Crippen LogP contribution in [-0.2, 0) is 6.42 Å². The second-order valence-corrected chi connectivity index (χ2v) is 4.47. The lowest BCUT2D eigenvalue weighted by Gasteiger charge is -2.06. The summed E-state index contributed by atoms with van der Waals surface area (Å²) in [5, 5.41) is 5.77. The highest BCUT2D eigenvalue weighted by Crippen LogP contribution is 2.11. The average Bonchev–Trinajstić information content (AvgIpc) is 2.54. The van der Waals surface area contributed by atoms with E-state index in [-0.39, 0.29) is 5.91 Å². The molecule has 0 aliphatic carbocycles. The number of hydrogen-bond acceptors (Lipinski definition) is 4. The molecule has 0 radical (unpaired) electrons. The van der Waals surface area contributed by atoms with Gasteiger partial charge >= 0.3 is 0 Å². The maximum Gasteiger partial charge on any atom is 0.258 e. The van der Waals surface area contributed by atoms with Crippen molar-refractivity contribution >= 4 is 17.5 Å². The molecule has 2 N–H and O–H groups in total. The minimum atomic E-state index is -0.227. The third kappa shape index (κ3) is 4.14. The van der Waals surface area contributed by atoms with Gasteiger partial charge in [0.05, 0.1) is 5.56 Å². The van der Waals surface area contributed by atoms with Gasteiger partial charge < -0.3 is 10.6 Å². The van der Waals surface area contributed by atoms with Crippen LogP contribution in [0.3, 0.4) is 0 Å². The fraction of sp³-hybridized carbons (Fsp3) is 0.188. The molecule has 1 amide bonds. The van der Waals surface area contributed by atoms with Gasteiger partial charge in [0.25, 0.3) is 5.91 Å². The summed E-state index contributed by atoms with van der Waals surface area (Å²) < 4.78 is 0. The highest BCUT2D eigenvalue weighted by Gasteiger charge is 2.07.